The van der Waals surface area contributed by atoms with E-state index in [0.29, 0.717) is 6.42 Å². The second-order valence-electron chi connectivity index (χ2n) is 6.04. The number of benzene rings is 2. The number of ether oxygens (including phenoxy) is 4. The van der Waals surface area contributed by atoms with Crippen molar-refractivity contribution >= 4 is 0 Å². The average molecular weight is 438 g/mol. The zero-order valence-corrected chi connectivity index (χ0v) is 16.2. The van der Waals surface area contributed by atoms with E-state index < -0.39 is 53.2 Å². The van der Waals surface area contributed by atoms with Crippen molar-refractivity contribution in [2.45, 2.75) is 32.8 Å². The Morgan fingerprint density at radius 1 is 0.700 bits per heavy atom. The van der Waals surface area contributed by atoms with Gasteiger partial charge in [0, 0.05) is 0 Å². The van der Waals surface area contributed by atoms with Gasteiger partial charge in [-0.05, 0) is 37.6 Å². The molecule has 2 aromatic rings. The highest BCUT2D eigenvalue weighted by Gasteiger charge is 2.35. The maximum Gasteiger partial charge on any atom is 0.433 e. The van der Waals surface area contributed by atoms with Crippen LogP contribution in [0.25, 0.3) is 0 Å². The van der Waals surface area contributed by atoms with Crippen LogP contribution in [0.1, 0.15) is 26.7 Å². The molecule has 0 aromatic heterocycles. The first-order valence-corrected chi connectivity index (χ1v) is 9.11. The molecule has 0 saturated carbocycles. The number of rotatable bonds is 11. The maximum absolute atomic E-state index is 14.0. The number of halogens is 6. The first-order valence-electron chi connectivity index (χ1n) is 9.11. The molecule has 2 aromatic carbocycles. The molecule has 10 heteroatoms. The van der Waals surface area contributed by atoms with Gasteiger partial charge < -0.3 is 18.9 Å². The highest BCUT2D eigenvalue weighted by Crippen LogP contribution is 2.32. The quantitative estimate of drug-likeness (QED) is 0.325. The summed E-state index contributed by atoms with van der Waals surface area (Å²) >= 11 is 0. The fourth-order valence-electron chi connectivity index (χ4n) is 2.28. The summed E-state index contributed by atoms with van der Waals surface area (Å²) < 4.78 is 102. The van der Waals surface area contributed by atoms with Crippen LogP contribution in [-0.2, 0) is 0 Å². The van der Waals surface area contributed by atoms with Crippen LogP contribution < -0.4 is 18.9 Å². The number of unbranched alkanes of at least 4 members (excludes halogenated alkanes) is 1. The minimum atomic E-state index is -4.18. The van der Waals surface area contributed by atoms with Crippen LogP contribution in [0.3, 0.4) is 0 Å². The molecule has 0 unspecified atom stereocenters. The molecular formula is C20H20F6O4. The molecule has 0 aliphatic carbocycles. The van der Waals surface area contributed by atoms with Crippen molar-refractivity contribution in [2.75, 3.05) is 19.8 Å². The third-order valence-electron chi connectivity index (χ3n) is 3.73. The van der Waals surface area contributed by atoms with Crippen LogP contribution in [0.4, 0.5) is 26.3 Å². The summed E-state index contributed by atoms with van der Waals surface area (Å²) in [4.78, 5) is 0. The molecule has 0 radical (unpaired) electrons. The highest BCUT2D eigenvalue weighted by atomic mass is 19.3. The molecule has 4 nitrogen and oxygen atoms in total. The van der Waals surface area contributed by atoms with Crippen LogP contribution >= 0.6 is 0 Å². The normalized spacial score (nSPS) is 11.3. The molecule has 166 valence electrons. The van der Waals surface area contributed by atoms with Gasteiger partial charge in [0.05, 0.1) is 13.2 Å². The zero-order chi connectivity index (χ0) is 22.3. The Bertz CT molecular complexity index is 860. The van der Waals surface area contributed by atoms with Gasteiger partial charge in [-0.15, -0.1) is 0 Å². The van der Waals surface area contributed by atoms with E-state index in [4.69, 9.17) is 9.47 Å². The van der Waals surface area contributed by atoms with E-state index in [2.05, 4.69) is 9.47 Å². The second kappa shape index (κ2) is 10.3. The van der Waals surface area contributed by atoms with E-state index in [-0.39, 0.29) is 19.0 Å². The number of hydrogen-bond donors (Lipinski definition) is 0. The van der Waals surface area contributed by atoms with Gasteiger partial charge in [-0.1, -0.05) is 13.3 Å². The van der Waals surface area contributed by atoms with Crippen LogP contribution in [0, 0.1) is 23.3 Å². The highest BCUT2D eigenvalue weighted by molar-refractivity contribution is 5.36. The second-order valence-corrected chi connectivity index (χ2v) is 6.04. The summed E-state index contributed by atoms with van der Waals surface area (Å²) in [5.41, 5.74) is 0. The molecule has 0 heterocycles. The molecule has 0 aliphatic rings. The lowest BCUT2D eigenvalue weighted by Crippen LogP contribution is -2.33. The Morgan fingerprint density at radius 2 is 1.17 bits per heavy atom. The smallest absolute Gasteiger partial charge is 0.433 e. The summed E-state index contributed by atoms with van der Waals surface area (Å²) in [5.74, 6) is -8.90. The van der Waals surface area contributed by atoms with Crippen LogP contribution in [0.15, 0.2) is 24.3 Å². The number of alkyl halides is 2. The molecular weight excluding hydrogens is 418 g/mol. The van der Waals surface area contributed by atoms with E-state index in [1.807, 2.05) is 6.92 Å². The lowest BCUT2D eigenvalue weighted by Gasteiger charge is -2.20. The molecule has 0 atom stereocenters. The molecule has 0 spiro atoms. The van der Waals surface area contributed by atoms with Crippen molar-refractivity contribution in [3.05, 3.63) is 47.5 Å². The van der Waals surface area contributed by atoms with Gasteiger partial charge in [-0.3, -0.25) is 0 Å². The molecule has 2 rings (SSSR count). The lowest BCUT2D eigenvalue weighted by molar-refractivity contribution is -0.197. The standard InChI is InChI=1S/C20H20F6O4/c1-3-5-10-28-13-6-7-14(18(23)17(13)22)29-11-20(25,26)30-15-9-8-12(27-4-2)16(21)19(15)24/h6-9H,3-5,10-11H2,1-2H3. The van der Waals surface area contributed by atoms with E-state index >= 15 is 0 Å². The fourth-order valence-corrected chi connectivity index (χ4v) is 2.28. The average Bonchev–Trinajstić information content (AvgIpc) is 2.70. The summed E-state index contributed by atoms with van der Waals surface area (Å²) in [6.45, 7) is 2.01. The third kappa shape index (κ3) is 5.87. The molecule has 0 fully saturated rings. The van der Waals surface area contributed by atoms with Crippen LogP contribution in [0.2, 0.25) is 0 Å². The van der Waals surface area contributed by atoms with Gasteiger partial charge in [-0.25, -0.2) is 0 Å². The van der Waals surface area contributed by atoms with E-state index in [0.717, 1.165) is 30.7 Å². The zero-order valence-electron chi connectivity index (χ0n) is 16.2. The molecule has 0 bridgehead atoms. The molecule has 0 N–H and O–H groups in total. The van der Waals surface area contributed by atoms with Crippen molar-refractivity contribution in [1.29, 1.82) is 0 Å². The Hall–Kier alpha value is -2.78. The van der Waals surface area contributed by atoms with Crippen molar-refractivity contribution in [3.8, 4) is 23.0 Å². The van der Waals surface area contributed by atoms with E-state index in [1.165, 1.54) is 6.92 Å². The Morgan fingerprint density at radius 3 is 1.70 bits per heavy atom. The van der Waals surface area contributed by atoms with Crippen molar-refractivity contribution in [3.63, 3.8) is 0 Å². The SMILES string of the molecule is CCCCOc1ccc(OCC(F)(F)Oc2ccc(OCC)c(F)c2F)c(F)c1F. The summed E-state index contributed by atoms with van der Waals surface area (Å²) in [6.07, 6.45) is -2.79. The Kier molecular flexibility index (Phi) is 8.08. The summed E-state index contributed by atoms with van der Waals surface area (Å²) in [6, 6.07) is 3.61. The maximum atomic E-state index is 14.0. The van der Waals surface area contributed by atoms with E-state index in [9.17, 15) is 26.3 Å². The van der Waals surface area contributed by atoms with Gasteiger partial charge in [0.25, 0.3) is 0 Å². The molecule has 0 aliphatic heterocycles. The van der Waals surface area contributed by atoms with Gasteiger partial charge in [-0.2, -0.15) is 26.3 Å². The minimum Gasteiger partial charge on any atom is -0.491 e. The van der Waals surface area contributed by atoms with E-state index in [1.54, 1.807) is 0 Å². The van der Waals surface area contributed by atoms with Gasteiger partial charge in [0.1, 0.15) is 0 Å². The molecule has 0 saturated heterocycles. The monoisotopic (exact) mass is 438 g/mol. The van der Waals surface area contributed by atoms with Crippen molar-refractivity contribution in [1.82, 2.24) is 0 Å². The first kappa shape index (κ1) is 23.5. The Balaban J connectivity index is 2.06. The summed E-state index contributed by atoms with van der Waals surface area (Å²) in [7, 11) is 0. The predicted molar refractivity (Wildman–Crippen MR) is 95.4 cm³/mol. The van der Waals surface area contributed by atoms with Crippen LogP contribution in [0.5, 0.6) is 23.0 Å². The summed E-state index contributed by atoms with van der Waals surface area (Å²) in [5, 5.41) is 0. The first-order chi connectivity index (χ1) is 14.2. The van der Waals surface area contributed by atoms with Gasteiger partial charge in [0.2, 0.25) is 23.3 Å². The topological polar surface area (TPSA) is 36.9 Å². The number of hydrogen-bond acceptors (Lipinski definition) is 4. The van der Waals surface area contributed by atoms with Crippen molar-refractivity contribution in [2.24, 2.45) is 0 Å². The molecule has 0 amide bonds. The van der Waals surface area contributed by atoms with Gasteiger partial charge in [0.15, 0.2) is 29.6 Å². The fraction of sp³-hybridized carbons (Fsp3) is 0.400. The van der Waals surface area contributed by atoms with Gasteiger partial charge >= 0.3 is 6.11 Å². The lowest BCUT2D eigenvalue weighted by atomic mass is 10.3. The predicted octanol–water partition coefficient (Wildman–Crippen LogP) is 5.87. The third-order valence-corrected chi connectivity index (χ3v) is 3.73. The van der Waals surface area contributed by atoms with Crippen molar-refractivity contribution < 1.29 is 45.3 Å². The largest absolute Gasteiger partial charge is 0.491 e. The Labute approximate surface area is 169 Å². The van der Waals surface area contributed by atoms with Crippen LogP contribution in [-0.4, -0.2) is 25.9 Å². The molecule has 30 heavy (non-hydrogen) atoms. The minimum absolute atomic E-state index is 0.0329.